The summed E-state index contributed by atoms with van der Waals surface area (Å²) in [6, 6.07) is 20.2. The molecule has 0 saturated carbocycles. The predicted molar refractivity (Wildman–Crippen MR) is 100.0 cm³/mol. The third-order valence-electron chi connectivity index (χ3n) is 4.25. The van der Waals surface area contributed by atoms with Crippen molar-refractivity contribution in [2.45, 2.75) is 39.4 Å². The van der Waals surface area contributed by atoms with Crippen molar-refractivity contribution in [3.63, 3.8) is 0 Å². The van der Waals surface area contributed by atoms with Gasteiger partial charge in [0.2, 0.25) is 0 Å². The van der Waals surface area contributed by atoms with Crippen LogP contribution in [0.5, 0.6) is 0 Å². The van der Waals surface area contributed by atoms with Crippen molar-refractivity contribution >= 4 is 5.97 Å². The predicted octanol–water partition coefficient (Wildman–Crippen LogP) is 5.17. The molecule has 0 aliphatic heterocycles. The molecule has 0 aliphatic carbocycles. The van der Waals surface area contributed by atoms with Crippen LogP contribution in [0.4, 0.5) is 0 Å². The molecule has 0 aromatic heterocycles. The van der Waals surface area contributed by atoms with Gasteiger partial charge in [0.05, 0.1) is 25.7 Å². The molecule has 0 heterocycles. The number of benzene rings is 2. The molecule has 0 amide bonds. The molecule has 0 radical (unpaired) electrons. The maximum atomic E-state index is 12.2. The summed E-state index contributed by atoms with van der Waals surface area (Å²) in [6.45, 7) is 4.77. The minimum atomic E-state index is -0.161. The molecule has 0 unspecified atom stereocenters. The average molecular weight is 340 g/mol. The molecule has 0 fully saturated rings. The van der Waals surface area contributed by atoms with Crippen LogP contribution in [0.25, 0.3) is 0 Å². The van der Waals surface area contributed by atoms with Crippen molar-refractivity contribution in [2.24, 2.45) is 11.8 Å². The van der Waals surface area contributed by atoms with E-state index in [9.17, 15) is 4.79 Å². The summed E-state index contributed by atoms with van der Waals surface area (Å²) in [6.07, 6.45) is 1.29. The summed E-state index contributed by atoms with van der Waals surface area (Å²) in [5.74, 6) is 0.110. The molecular weight excluding hydrogens is 312 g/mol. The van der Waals surface area contributed by atoms with E-state index in [1.807, 2.05) is 48.5 Å². The van der Waals surface area contributed by atoms with Crippen LogP contribution >= 0.6 is 0 Å². The third-order valence-corrected chi connectivity index (χ3v) is 4.25. The highest BCUT2D eigenvalue weighted by molar-refractivity contribution is 5.72. The highest BCUT2D eigenvalue weighted by Crippen LogP contribution is 2.30. The first-order chi connectivity index (χ1) is 12.1. The number of rotatable bonds is 9. The fourth-order valence-electron chi connectivity index (χ4n) is 3.02. The summed E-state index contributed by atoms with van der Waals surface area (Å²) < 4.78 is 11.2. The lowest BCUT2D eigenvalue weighted by Gasteiger charge is -2.24. The van der Waals surface area contributed by atoms with Gasteiger partial charge in [-0.2, -0.15) is 0 Å². The Kier molecular flexibility index (Phi) is 7.68. The Morgan fingerprint density at radius 2 is 1.52 bits per heavy atom. The summed E-state index contributed by atoms with van der Waals surface area (Å²) in [5, 5.41) is 0. The number of esters is 1. The Hall–Kier alpha value is -2.13. The Labute approximate surface area is 151 Å². The number of ether oxygens (including phenoxy) is 2. The largest absolute Gasteiger partial charge is 0.469 e. The fourth-order valence-corrected chi connectivity index (χ4v) is 3.02. The summed E-state index contributed by atoms with van der Waals surface area (Å²) >= 11 is 0. The van der Waals surface area contributed by atoms with Crippen LogP contribution in [0.15, 0.2) is 60.7 Å². The second kappa shape index (κ2) is 10.00. The van der Waals surface area contributed by atoms with Crippen LogP contribution in [-0.4, -0.2) is 13.1 Å². The molecular formula is C22H28O3. The molecule has 134 valence electrons. The smallest absolute Gasteiger partial charge is 0.308 e. The van der Waals surface area contributed by atoms with Gasteiger partial charge in [-0.05, 0) is 29.9 Å². The quantitative estimate of drug-likeness (QED) is 0.591. The fraction of sp³-hybridized carbons (Fsp3) is 0.409. The van der Waals surface area contributed by atoms with Gasteiger partial charge >= 0.3 is 5.97 Å². The lowest BCUT2D eigenvalue weighted by Crippen LogP contribution is -2.22. The van der Waals surface area contributed by atoms with E-state index in [1.165, 1.54) is 7.11 Å². The molecule has 3 nitrogen and oxygen atoms in total. The van der Waals surface area contributed by atoms with Gasteiger partial charge in [-0.15, -0.1) is 0 Å². The maximum Gasteiger partial charge on any atom is 0.308 e. The zero-order chi connectivity index (χ0) is 18.1. The highest BCUT2D eigenvalue weighted by atomic mass is 16.5. The van der Waals surface area contributed by atoms with Gasteiger partial charge in [0.1, 0.15) is 0 Å². The monoisotopic (exact) mass is 340 g/mol. The number of methoxy groups -OCH3 is 1. The van der Waals surface area contributed by atoms with Crippen LogP contribution in [0.1, 0.15) is 43.9 Å². The minimum Gasteiger partial charge on any atom is -0.469 e. The van der Waals surface area contributed by atoms with Gasteiger partial charge in [-0.1, -0.05) is 74.5 Å². The topological polar surface area (TPSA) is 35.5 Å². The minimum absolute atomic E-state index is 0.135. The second-order valence-corrected chi connectivity index (χ2v) is 6.78. The van der Waals surface area contributed by atoms with Crippen molar-refractivity contribution in [2.75, 3.05) is 7.11 Å². The normalized spacial score (nSPS) is 13.4. The second-order valence-electron chi connectivity index (χ2n) is 6.78. The Balaban J connectivity index is 2.14. The van der Waals surface area contributed by atoms with Crippen molar-refractivity contribution in [1.29, 1.82) is 0 Å². The molecule has 0 N–H and O–H groups in total. The van der Waals surface area contributed by atoms with E-state index in [0.29, 0.717) is 18.9 Å². The Bertz CT molecular complexity index is 622. The van der Waals surface area contributed by atoms with Crippen LogP contribution in [0.2, 0.25) is 0 Å². The van der Waals surface area contributed by atoms with Crippen LogP contribution in [0, 0.1) is 11.8 Å². The van der Waals surface area contributed by atoms with Gasteiger partial charge < -0.3 is 9.47 Å². The zero-order valence-electron chi connectivity index (χ0n) is 15.4. The van der Waals surface area contributed by atoms with E-state index in [2.05, 4.69) is 26.0 Å². The molecule has 0 aliphatic rings. The standard InChI is InChI=1S/C22H28O3/c1-17(2)14-20(22(23)24-3)15-21(19-12-8-5-9-13-19)25-16-18-10-6-4-7-11-18/h4-13,17,20-21H,14-16H2,1-3H3/t20-,21+/m0/s1. The van der Waals surface area contributed by atoms with Crippen LogP contribution < -0.4 is 0 Å². The molecule has 2 rings (SSSR count). The van der Waals surface area contributed by atoms with Crippen molar-refractivity contribution in [1.82, 2.24) is 0 Å². The van der Waals surface area contributed by atoms with Crippen molar-refractivity contribution in [3.8, 4) is 0 Å². The molecule has 2 aromatic carbocycles. The van der Waals surface area contributed by atoms with Gasteiger partial charge in [0.25, 0.3) is 0 Å². The van der Waals surface area contributed by atoms with Gasteiger partial charge in [-0.3, -0.25) is 4.79 Å². The number of carbonyl (C=O) groups excluding carboxylic acids is 1. The van der Waals surface area contributed by atoms with E-state index < -0.39 is 0 Å². The van der Waals surface area contributed by atoms with Crippen molar-refractivity contribution < 1.29 is 14.3 Å². The summed E-state index contributed by atoms with van der Waals surface area (Å²) in [4.78, 5) is 12.2. The first kappa shape index (κ1) is 19.2. The zero-order valence-corrected chi connectivity index (χ0v) is 15.4. The Morgan fingerprint density at radius 1 is 0.920 bits per heavy atom. The summed E-state index contributed by atoms with van der Waals surface area (Å²) in [7, 11) is 1.46. The molecule has 3 heteroatoms. The van der Waals surface area contributed by atoms with Gasteiger partial charge in [-0.25, -0.2) is 0 Å². The molecule has 0 spiro atoms. The first-order valence-electron chi connectivity index (χ1n) is 8.88. The van der Waals surface area contributed by atoms with E-state index in [1.54, 1.807) is 0 Å². The molecule has 25 heavy (non-hydrogen) atoms. The molecule has 2 aromatic rings. The van der Waals surface area contributed by atoms with E-state index in [0.717, 1.165) is 17.5 Å². The van der Waals surface area contributed by atoms with Crippen LogP contribution in [-0.2, 0) is 20.9 Å². The van der Waals surface area contributed by atoms with Crippen LogP contribution in [0.3, 0.4) is 0 Å². The Morgan fingerprint density at radius 3 is 2.08 bits per heavy atom. The molecule has 0 bridgehead atoms. The maximum absolute atomic E-state index is 12.2. The molecule has 0 saturated heterocycles. The van der Waals surface area contributed by atoms with Gasteiger partial charge in [0, 0.05) is 0 Å². The van der Waals surface area contributed by atoms with Gasteiger partial charge in [0.15, 0.2) is 0 Å². The number of hydrogen-bond donors (Lipinski definition) is 0. The average Bonchev–Trinajstić information content (AvgIpc) is 2.64. The van der Waals surface area contributed by atoms with E-state index >= 15 is 0 Å². The van der Waals surface area contributed by atoms with Crippen molar-refractivity contribution in [3.05, 3.63) is 71.8 Å². The number of hydrogen-bond acceptors (Lipinski definition) is 3. The van der Waals surface area contributed by atoms with E-state index in [4.69, 9.17) is 9.47 Å². The third kappa shape index (κ3) is 6.35. The first-order valence-corrected chi connectivity index (χ1v) is 8.88. The highest BCUT2D eigenvalue weighted by Gasteiger charge is 2.26. The van der Waals surface area contributed by atoms with E-state index in [-0.39, 0.29) is 18.0 Å². The lowest BCUT2D eigenvalue weighted by molar-refractivity contribution is -0.147. The molecule has 2 atom stereocenters. The lowest BCUT2D eigenvalue weighted by atomic mass is 9.89. The summed E-state index contributed by atoms with van der Waals surface area (Å²) in [5.41, 5.74) is 2.22. The SMILES string of the molecule is COC(=O)[C@@H](CC(C)C)C[C@@H](OCc1ccccc1)c1ccccc1. The number of carbonyl (C=O) groups is 1.